The zero-order chi connectivity index (χ0) is 13.0. The molecule has 0 bridgehead atoms. The maximum absolute atomic E-state index is 9.76. The van der Waals surface area contributed by atoms with Crippen molar-refractivity contribution in [3.05, 3.63) is 23.8 Å². The lowest BCUT2D eigenvalue weighted by Gasteiger charge is -2.19. The Morgan fingerprint density at radius 3 is 2.67 bits per heavy atom. The third-order valence-electron chi connectivity index (χ3n) is 3.56. The second kappa shape index (κ2) is 6.07. The minimum atomic E-state index is 0.0909. The molecule has 1 saturated heterocycles. The summed E-state index contributed by atoms with van der Waals surface area (Å²) in [5.74, 6) is 0.247. The molecule has 1 aromatic carbocycles. The number of phenols is 2. The van der Waals surface area contributed by atoms with Gasteiger partial charge in [0.15, 0.2) is 0 Å². The summed E-state index contributed by atoms with van der Waals surface area (Å²) in [7, 11) is 0. The van der Waals surface area contributed by atoms with E-state index in [1.165, 1.54) is 32.0 Å². The highest BCUT2D eigenvalue weighted by Crippen LogP contribution is 2.27. The minimum absolute atomic E-state index is 0.0909. The largest absolute Gasteiger partial charge is 0.508 e. The first-order chi connectivity index (χ1) is 8.66. The number of nitrogens with zero attached hydrogens (tertiary/aromatic N) is 1. The normalized spacial score (nSPS) is 18.1. The monoisotopic (exact) mass is 250 g/mol. The molecule has 100 valence electrons. The molecule has 18 heavy (non-hydrogen) atoms. The molecule has 1 aliphatic rings. The number of phenolic OH excluding ortho intramolecular Hbond substituents is 2. The summed E-state index contributed by atoms with van der Waals surface area (Å²) in [5, 5.41) is 22.4. The van der Waals surface area contributed by atoms with Gasteiger partial charge in [-0.2, -0.15) is 0 Å². The van der Waals surface area contributed by atoms with Crippen LogP contribution in [0.2, 0.25) is 0 Å². The van der Waals surface area contributed by atoms with Crippen LogP contribution in [0.3, 0.4) is 0 Å². The van der Waals surface area contributed by atoms with E-state index in [1.54, 1.807) is 12.1 Å². The summed E-state index contributed by atoms with van der Waals surface area (Å²) in [6.07, 6.45) is 2.63. The highest BCUT2D eigenvalue weighted by Gasteiger charge is 2.13. The predicted octanol–water partition coefficient (Wildman–Crippen LogP) is 1.84. The van der Waals surface area contributed by atoms with Gasteiger partial charge in [-0.3, -0.25) is 0 Å². The Morgan fingerprint density at radius 2 is 2.00 bits per heavy atom. The van der Waals surface area contributed by atoms with E-state index < -0.39 is 0 Å². The van der Waals surface area contributed by atoms with Gasteiger partial charge in [0.05, 0.1) is 0 Å². The number of hydrogen-bond acceptors (Lipinski definition) is 4. The van der Waals surface area contributed by atoms with Gasteiger partial charge in [-0.05, 0) is 38.9 Å². The van der Waals surface area contributed by atoms with E-state index in [0.717, 1.165) is 18.7 Å². The maximum atomic E-state index is 9.76. The van der Waals surface area contributed by atoms with Gasteiger partial charge in [-0.25, -0.2) is 0 Å². The molecule has 1 heterocycles. The second-order valence-electron chi connectivity index (χ2n) is 4.97. The lowest BCUT2D eigenvalue weighted by molar-refractivity contribution is 0.328. The first-order valence-electron chi connectivity index (χ1n) is 6.64. The minimum Gasteiger partial charge on any atom is -0.508 e. The summed E-state index contributed by atoms with van der Waals surface area (Å²) in [6.45, 7) is 6.42. The van der Waals surface area contributed by atoms with Crippen LogP contribution < -0.4 is 5.32 Å². The lowest BCUT2D eigenvalue weighted by atomic mass is 10.1. The van der Waals surface area contributed by atoms with Crippen LogP contribution in [0.4, 0.5) is 0 Å². The third-order valence-corrected chi connectivity index (χ3v) is 3.56. The average molecular weight is 250 g/mol. The molecular weight excluding hydrogens is 228 g/mol. The molecule has 0 aliphatic carbocycles. The number of nitrogens with one attached hydrogen (secondary N) is 1. The molecule has 4 nitrogen and oxygen atoms in total. The Labute approximate surface area is 108 Å². The Morgan fingerprint density at radius 1 is 1.28 bits per heavy atom. The van der Waals surface area contributed by atoms with Crippen molar-refractivity contribution in [1.82, 2.24) is 10.2 Å². The van der Waals surface area contributed by atoms with E-state index in [2.05, 4.69) is 10.2 Å². The van der Waals surface area contributed by atoms with E-state index in [9.17, 15) is 10.2 Å². The zero-order valence-electron chi connectivity index (χ0n) is 10.9. The van der Waals surface area contributed by atoms with Gasteiger partial charge in [-0.15, -0.1) is 0 Å². The van der Waals surface area contributed by atoms with E-state index >= 15 is 0 Å². The molecule has 0 amide bonds. The third kappa shape index (κ3) is 3.37. The summed E-state index contributed by atoms with van der Waals surface area (Å²) in [5.41, 5.74) is 0.828. The topological polar surface area (TPSA) is 55.7 Å². The fourth-order valence-electron chi connectivity index (χ4n) is 2.45. The van der Waals surface area contributed by atoms with Gasteiger partial charge in [0, 0.05) is 30.8 Å². The van der Waals surface area contributed by atoms with Gasteiger partial charge in [-0.1, -0.05) is 6.07 Å². The molecule has 0 aromatic heterocycles. The SMILES string of the molecule is CC(NCCN1CCCC1)c1ccc(O)cc1O. The van der Waals surface area contributed by atoms with Gasteiger partial charge < -0.3 is 20.4 Å². The van der Waals surface area contributed by atoms with Crippen LogP contribution in [0.1, 0.15) is 31.4 Å². The molecule has 0 saturated carbocycles. The van der Waals surface area contributed by atoms with Gasteiger partial charge in [0.25, 0.3) is 0 Å². The Bertz CT molecular complexity index is 389. The molecule has 1 aliphatic heterocycles. The van der Waals surface area contributed by atoms with Crippen LogP contribution in [-0.2, 0) is 0 Å². The van der Waals surface area contributed by atoms with Gasteiger partial charge in [0.2, 0.25) is 0 Å². The Hall–Kier alpha value is -1.26. The van der Waals surface area contributed by atoms with Crippen LogP contribution in [-0.4, -0.2) is 41.3 Å². The molecule has 3 N–H and O–H groups in total. The highest BCUT2D eigenvalue weighted by atomic mass is 16.3. The standard InChI is InChI=1S/C14H22N2O2/c1-11(13-5-4-12(17)10-14(13)18)15-6-9-16-7-2-3-8-16/h4-5,10-11,15,17-18H,2-3,6-9H2,1H3. The van der Waals surface area contributed by atoms with Crippen molar-refractivity contribution < 1.29 is 10.2 Å². The number of aromatic hydroxyl groups is 2. The van der Waals surface area contributed by atoms with Crippen molar-refractivity contribution >= 4 is 0 Å². The molecule has 1 atom stereocenters. The molecule has 1 fully saturated rings. The van der Waals surface area contributed by atoms with Crippen molar-refractivity contribution in [2.75, 3.05) is 26.2 Å². The van der Waals surface area contributed by atoms with Crippen LogP contribution in [0.25, 0.3) is 0 Å². The smallest absolute Gasteiger partial charge is 0.124 e. The average Bonchev–Trinajstić information content (AvgIpc) is 2.81. The number of hydrogen-bond donors (Lipinski definition) is 3. The van der Waals surface area contributed by atoms with Gasteiger partial charge >= 0.3 is 0 Å². The first-order valence-corrected chi connectivity index (χ1v) is 6.64. The number of likely N-dealkylation sites (tertiary alicyclic amines) is 1. The number of rotatable bonds is 5. The quantitative estimate of drug-likeness (QED) is 0.746. The predicted molar refractivity (Wildman–Crippen MR) is 71.9 cm³/mol. The second-order valence-corrected chi connectivity index (χ2v) is 4.97. The van der Waals surface area contributed by atoms with E-state index in [-0.39, 0.29) is 17.5 Å². The van der Waals surface area contributed by atoms with Crippen LogP contribution >= 0.6 is 0 Å². The summed E-state index contributed by atoms with van der Waals surface area (Å²) < 4.78 is 0. The zero-order valence-corrected chi connectivity index (χ0v) is 10.9. The van der Waals surface area contributed by atoms with Crippen molar-refractivity contribution in [3.8, 4) is 11.5 Å². The molecule has 2 rings (SSSR count). The highest BCUT2D eigenvalue weighted by molar-refractivity contribution is 5.40. The summed E-state index contributed by atoms with van der Waals surface area (Å²) in [6, 6.07) is 4.84. The van der Waals surface area contributed by atoms with Crippen molar-refractivity contribution in [2.24, 2.45) is 0 Å². The van der Waals surface area contributed by atoms with Gasteiger partial charge in [0.1, 0.15) is 11.5 Å². The van der Waals surface area contributed by atoms with Crippen LogP contribution in [0, 0.1) is 0 Å². The molecular formula is C14H22N2O2. The molecule has 0 spiro atoms. The molecule has 4 heteroatoms. The van der Waals surface area contributed by atoms with E-state index in [1.807, 2.05) is 6.92 Å². The Kier molecular flexibility index (Phi) is 4.44. The van der Waals surface area contributed by atoms with Crippen LogP contribution in [0.5, 0.6) is 11.5 Å². The van der Waals surface area contributed by atoms with Crippen molar-refractivity contribution in [3.63, 3.8) is 0 Å². The van der Waals surface area contributed by atoms with Crippen molar-refractivity contribution in [1.29, 1.82) is 0 Å². The van der Waals surface area contributed by atoms with E-state index in [0.29, 0.717) is 0 Å². The number of benzene rings is 1. The molecule has 0 radical (unpaired) electrons. The summed E-state index contributed by atoms with van der Waals surface area (Å²) in [4.78, 5) is 2.45. The fourth-order valence-corrected chi connectivity index (χ4v) is 2.45. The Balaban J connectivity index is 1.81. The molecule has 1 aromatic rings. The first kappa shape index (κ1) is 13.2. The maximum Gasteiger partial charge on any atom is 0.124 e. The fraction of sp³-hybridized carbons (Fsp3) is 0.571. The molecule has 1 unspecified atom stereocenters. The van der Waals surface area contributed by atoms with Crippen LogP contribution in [0.15, 0.2) is 18.2 Å². The van der Waals surface area contributed by atoms with Crippen molar-refractivity contribution in [2.45, 2.75) is 25.8 Å². The lowest BCUT2D eigenvalue weighted by Crippen LogP contribution is -2.31. The summed E-state index contributed by atoms with van der Waals surface area (Å²) >= 11 is 0. The van der Waals surface area contributed by atoms with E-state index in [4.69, 9.17) is 0 Å².